The number of nitrogens with one attached hydrogen (secondary N) is 10. The minimum absolute atomic E-state index is 0.000339. The van der Waals surface area contributed by atoms with Crippen LogP contribution in [-0.2, 0) is 52.7 Å². The largest absolute Gasteiger partial charge is 0.391 e. The summed E-state index contributed by atoms with van der Waals surface area (Å²) in [7, 11) is 0. The van der Waals surface area contributed by atoms with E-state index >= 15 is 0 Å². The molecule has 0 unspecified atom stereocenters. The summed E-state index contributed by atoms with van der Waals surface area (Å²) in [5.74, 6) is -8.83. The van der Waals surface area contributed by atoms with Gasteiger partial charge in [-0.15, -0.1) is 0 Å². The van der Waals surface area contributed by atoms with Crippen molar-refractivity contribution in [2.75, 3.05) is 26.2 Å². The first kappa shape index (κ1) is 90.3. The van der Waals surface area contributed by atoms with Crippen molar-refractivity contribution in [3.05, 3.63) is 0 Å². The predicted molar refractivity (Wildman–Crippen MR) is 380 cm³/mol. The van der Waals surface area contributed by atoms with E-state index in [1.807, 2.05) is 55.4 Å². The molecule has 28 nitrogen and oxygen atoms in total. The van der Waals surface area contributed by atoms with Crippen molar-refractivity contribution in [2.45, 2.75) is 311 Å². The average Bonchev–Trinajstić information content (AvgIpc) is 0.866. The van der Waals surface area contributed by atoms with E-state index in [2.05, 4.69) is 65.1 Å². The molecule has 0 aromatic carbocycles. The van der Waals surface area contributed by atoms with Gasteiger partial charge in [0.1, 0.15) is 54.4 Å². The third-order valence-electron chi connectivity index (χ3n) is 16.7. The molecular weight excluding hydrogens is 1240 g/mol. The number of aliphatic hydroxyl groups is 1. The number of hydrogen-bond donors (Lipinski definition) is 16. The molecule has 28 heteroatoms. The summed E-state index contributed by atoms with van der Waals surface area (Å²) in [6.45, 7) is 21.9. The second kappa shape index (κ2) is 52.4. The zero-order valence-corrected chi connectivity index (χ0v) is 61.1. The Hall–Kier alpha value is -6.68. The fourth-order valence-corrected chi connectivity index (χ4v) is 11.0. The normalized spacial score (nSPS) is 14.8. The molecule has 21 N–H and O–H groups in total. The first-order valence-electron chi connectivity index (χ1n) is 36.2. The van der Waals surface area contributed by atoms with Gasteiger partial charge in [0.25, 0.3) is 0 Å². The van der Waals surface area contributed by atoms with Crippen LogP contribution in [-0.4, -0.2) is 163 Å². The van der Waals surface area contributed by atoms with Crippen LogP contribution in [0.15, 0.2) is 4.99 Å². The predicted octanol–water partition coefficient (Wildman–Crippen LogP) is 2.97. The molecule has 0 aliphatic heterocycles. The maximum Gasteiger partial charge on any atom is 0.245 e. The van der Waals surface area contributed by atoms with Gasteiger partial charge in [0.05, 0.1) is 12.6 Å². The van der Waals surface area contributed by atoms with Crippen molar-refractivity contribution < 1.29 is 57.8 Å². The maximum atomic E-state index is 14.8. The highest BCUT2D eigenvalue weighted by atomic mass is 16.3. The van der Waals surface area contributed by atoms with Crippen molar-refractivity contribution in [3.8, 4) is 0 Å². The molecule has 0 bridgehead atoms. The number of guanidine groups is 1. The molecule has 0 radical (unpaired) electrons. The number of amides is 11. The van der Waals surface area contributed by atoms with Crippen LogP contribution in [0, 0.1) is 29.6 Å². The van der Waals surface area contributed by atoms with Gasteiger partial charge in [-0.2, -0.15) is 0 Å². The van der Waals surface area contributed by atoms with Gasteiger partial charge in [0.2, 0.25) is 65.0 Å². The van der Waals surface area contributed by atoms with E-state index in [4.69, 9.17) is 28.7 Å². The fourth-order valence-electron chi connectivity index (χ4n) is 11.0. The second-order valence-corrected chi connectivity index (χ2v) is 27.9. The highest BCUT2D eigenvalue weighted by molar-refractivity contribution is 5.98. The zero-order chi connectivity index (χ0) is 73.6. The van der Waals surface area contributed by atoms with Gasteiger partial charge in [-0.25, -0.2) is 0 Å². The van der Waals surface area contributed by atoms with Crippen molar-refractivity contribution in [2.24, 2.45) is 63.3 Å². The first-order valence-corrected chi connectivity index (χ1v) is 36.2. The molecule has 0 rings (SSSR count). The SMILES string of the molecule is CCCCCCCCCCCCCCC(=O)NCCCC[C@@H](NC(=O)[C@H](CC(C)C)NC(=O)[C@H](CC(C)C)NC(=O)CN)C(=O)N[C@@H](CCCN=C(N)N)C(=O)N[C@H](C(=O)N[C@H](CCCCN)C(=O)N[C@H](C(=O)N[C@@H](CC(C)C)C(=O)N[C@@H](CC(C)C)C(N)=O)[C@@H](C)O)[C@@H](C)CC. The Morgan fingerprint density at radius 1 is 0.381 bits per heavy atom. The van der Waals surface area contributed by atoms with Gasteiger partial charge >= 0.3 is 0 Å². The summed E-state index contributed by atoms with van der Waals surface area (Å²) < 4.78 is 0. The summed E-state index contributed by atoms with van der Waals surface area (Å²) >= 11 is 0. The van der Waals surface area contributed by atoms with E-state index in [-0.39, 0.29) is 113 Å². The number of nitrogens with two attached hydrogens (primary N) is 5. The number of aliphatic imine (C=N–C) groups is 1. The first-order chi connectivity index (χ1) is 45.8. The molecule has 0 spiro atoms. The molecule has 0 fully saturated rings. The molecule has 97 heavy (non-hydrogen) atoms. The fraction of sp³-hybridized carbons (Fsp3) is 0.826. The number of unbranched alkanes of at least 4 members (excludes halogenated alkanes) is 13. The lowest BCUT2D eigenvalue weighted by Gasteiger charge is -2.30. The summed E-state index contributed by atoms with van der Waals surface area (Å²) in [5.41, 5.74) is 28.3. The van der Waals surface area contributed by atoms with E-state index in [0.29, 0.717) is 38.5 Å². The molecule has 11 atom stereocenters. The third-order valence-corrected chi connectivity index (χ3v) is 16.7. The molecule has 0 aliphatic carbocycles. The van der Waals surface area contributed by atoms with Crippen molar-refractivity contribution >= 4 is 70.9 Å². The van der Waals surface area contributed by atoms with Gasteiger partial charge in [-0.3, -0.25) is 57.7 Å². The monoisotopic (exact) mass is 1380 g/mol. The van der Waals surface area contributed by atoms with Crippen LogP contribution in [0.3, 0.4) is 0 Å². The Labute approximate surface area is 579 Å². The standard InChI is InChI=1S/C69H132N16O12/c1-13-15-16-17-18-19-20-21-22-23-24-25-34-56(87)75-36-29-27-32-49(79-65(94)54(40-45(7)8)82-64(93)53(39-44(5)6)77-57(88)42-71)61(90)78-51(33-30-37-76-69(73)74)62(91)84-58(47(11)14-2)67(96)80-50(31-26-28-35-70)63(92)85-59(48(12)86)68(97)83-55(41-46(9)10)66(95)81-52(60(72)89)38-43(3)4/h43-55,58-59,86H,13-42,70-71H2,1-12H3,(H2,72,89)(H,75,87)(H,77,88)(H,78,90)(H,79,94)(H,80,96)(H,81,95)(H,82,93)(H,83,97)(H,84,91)(H,85,92)(H4,73,74,76)/t47-,48+,49+,50+,51-,52-,53-,54-,55-,58-,59-/m0/s1. The Bertz CT molecular complexity index is 2370. The smallest absolute Gasteiger partial charge is 0.245 e. The molecule has 0 aromatic heterocycles. The lowest BCUT2D eigenvalue weighted by molar-refractivity contribution is -0.137. The van der Waals surface area contributed by atoms with E-state index in [0.717, 1.165) is 25.7 Å². The summed E-state index contributed by atoms with van der Waals surface area (Å²) in [6, 6.07) is -11.5. The van der Waals surface area contributed by atoms with Crippen LogP contribution in [0.4, 0.5) is 0 Å². The zero-order valence-electron chi connectivity index (χ0n) is 61.1. The molecule has 560 valence electrons. The third kappa shape index (κ3) is 42.0. The van der Waals surface area contributed by atoms with E-state index in [9.17, 15) is 57.8 Å². The molecule has 0 saturated heterocycles. The minimum Gasteiger partial charge on any atom is -0.391 e. The Morgan fingerprint density at radius 3 is 1.16 bits per heavy atom. The molecule has 0 heterocycles. The second-order valence-electron chi connectivity index (χ2n) is 27.9. The minimum atomic E-state index is -1.65. The topological polar surface area (TPSA) is 471 Å². The molecule has 0 aromatic rings. The van der Waals surface area contributed by atoms with Crippen LogP contribution < -0.4 is 81.8 Å². The summed E-state index contributed by atoms with van der Waals surface area (Å²) in [4.78, 5) is 156. The lowest BCUT2D eigenvalue weighted by atomic mass is 9.96. The van der Waals surface area contributed by atoms with Crippen molar-refractivity contribution in [1.82, 2.24) is 53.2 Å². The number of rotatable bonds is 56. The number of nitrogens with zero attached hydrogens (tertiary/aromatic N) is 1. The molecule has 11 amide bonds. The van der Waals surface area contributed by atoms with Crippen LogP contribution in [0.5, 0.6) is 0 Å². The highest BCUT2D eigenvalue weighted by Gasteiger charge is 2.38. The van der Waals surface area contributed by atoms with Crippen LogP contribution in [0.2, 0.25) is 0 Å². The lowest BCUT2D eigenvalue weighted by Crippen LogP contribution is -2.62. The van der Waals surface area contributed by atoms with Crippen LogP contribution >= 0.6 is 0 Å². The number of carbonyl (C=O) groups is 11. The van der Waals surface area contributed by atoms with E-state index < -0.39 is 125 Å². The van der Waals surface area contributed by atoms with Gasteiger partial charge < -0.3 is 86.9 Å². The highest BCUT2D eigenvalue weighted by Crippen LogP contribution is 2.17. The molecular formula is C69H132N16O12. The van der Waals surface area contributed by atoms with Gasteiger partial charge in [-0.05, 0) is 127 Å². The van der Waals surface area contributed by atoms with Crippen LogP contribution in [0.1, 0.15) is 250 Å². The van der Waals surface area contributed by atoms with E-state index in [1.165, 1.54) is 58.3 Å². The number of carbonyl (C=O) groups excluding carboxylic acids is 11. The number of aliphatic hydroxyl groups excluding tert-OH is 1. The number of hydrogen-bond acceptors (Lipinski definition) is 15. The Morgan fingerprint density at radius 2 is 0.742 bits per heavy atom. The van der Waals surface area contributed by atoms with Crippen molar-refractivity contribution in [1.29, 1.82) is 0 Å². The maximum absolute atomic E-state index is 14.8. The van der Waals surface area contributed by atoms with Gasteiger partial charge in [-0.1, -0.05) is 153 Å². The Balaban J connectivity index is 7.09. The summed E-state index contributed by atoms with van der Waals surface area (Å²) in [5, 5.41) is 38.3. The number of primary amides is 1. The quantitative estimate of drug-likeness (QED) is 0.0236. The van der Waals surface area contributed by atoms with E-state index in [1.54, 1.807) is 13.8 Å². The average molecular weight is 1380 g/mol. The molecule has 0 aliphatic rings. The van der Waals surface area contributed by atoms with Crippen LogP contribution in [0.25, 0.3) is 0 Å². The molecule has 0 saturated carbocycles. The van der Waals surface area contributed by atoms with Crippen molar-refractivity contribution in [3.63, 3.8) is 0 Å². The van der Waals surface area contributed by atoms with Gasteiger partial charge in [0.15, 0.2) is 5.96 Å². The summed E-state index contributed by atoms with van der Waals surface area (Å²) in [6.07, 6.45) is 15.5. The Kier molecular flexibility index (Phi) is 48.8. The van der Waals surface area contributed by atoms with Gasteiger partial charge in [0, 0.05) is 19.5 Å².